The standard InChI is InChI=1S/C22H26N2O2/c1-24(20-13-18-11-12-19(14-20)23-18)22(25)17-9-7-16(8-10-17)15-26-21-5-3-2-4-6-21/h2-10,18-20,23H,11-15H2,1H3. The maximum atomic E-state index is 12.8. The van der Waals surface area contributed by atoms with Crippen LogP contribution in [-0.4, -0.2) is 36.0 Å². The molecule has 0 radical (unpaired) electrons. The third-order valence-electron chi connectivity index (χ3n) is 5.67. The van der Waals surface area contributed by atoms with E-state index in [0.29, 0.717) is 24.7 Å². The van der Waals surface area contributed by atoms with Gasteiger partial charge in [0.2, 0.25) is 0 Å². The summed E-state index contributed by atoms with van der Waals surface area (Å²) < 4.78 is 5.76. The monoisotopic (exact) mass is 350 g/mol. The number of nitrogens with one attached hydrogen (secondary N) is 1. The third kappa shape index (κ3) is 3.75. The lowest BCUT2D eigenvalue weighted by molar-refractivity contribution is 0.0681. The fraction of sp³-hybridized carbons (Fsp3) is 0.409. The average Bonchev–Trinajstić information content (AvgIpc) is 3.04. The van der Waals surface area contributed by atoms with Crippen LogP contribution in [0.3, 0.4) is 0 Å². The van der Waals surface area contributed by atoms with Gasteiger partial charge in [-0.3, -0.25) is 4.79 Å². The first-order valence-corrected chi connectivity index (χ1v) is 9.49. The van der Waals surface area contributed by atoms with Gasteiger partial charge in [0.15, 0.2) is 0 Å². The summed E-state index contributed by atoms with van der Waals surface area (Å²) in [6.07, 6.45) is 4.64. The van der Waals surface area contributed by atoms with Crippen LogP contribution < -0.4 is 10.1 Å². The van der Waals surface area contributed by atoms with Gasteiger partial charge in [0.1, 0.15) is 12.4 Å². The fourth-order valence-corrected chi connectivity index (χ4v) is 4.14. The molecule has 2 aliphatic rings. The number of nitrogens with zero attached hydrogens (tertiary/aromatic N) is 1. The Balaban J connectivity index is 1.36. The average molecular weight is 350 g/mol. The van der Waals surface area contributed by atoms with E-state index in [1.165, 1.54) is 12.8 Å². The van der Waals surface area contributed by atoms with Gasteiger partial charge in [0.25, 0.3) is 5.91 Å². The maximum Gasteiger partial charge on any atom is 0.253 e. The molecule has 2 aromatic rings. The summed E-state index contributed by atoms with van der Waals surface area (Å²) in [5, 5.41) is 3.64. The highest BCUT2D eigenvalue weighted by Gasteiger charge is 2.36. The summed E-state index contributed by atoms with van der Waals surface area (Å²) in [5.41, 5.74) is 1.81. The van der Waals surface area contributed by atoms with E-state index >= 15 is 0 Å². The van der Waals surface area contributed by atoms with Gasteiger partial charge < -0.3 is 15.0 Å². The maximum absolute atomic E-state index is 12.8. The number of carbonyl (C=O) groups is 1. The number of benzene rings is 2. The van der Waals surface area contributed by atoms with Crippen LogP contribution in [0.1, 0.15) is 41.6 Å². The lowest BCUT2D eigenvalue weighted by Gasteiger charge is -2.35. The molecule has 2 bridgehead atoms. The number of piperidine rings is 1. The van der Waals surface area contributed by atoms with Crippen molar-refractivity contribution in [1.29, 1.82) is 0 Å². The van der Waals surface area contributed by atoms with Crippen molar-refractivity contribution >= 4 is 5.91 Å². The Kier molecular flexibility index (Phi) is 4.93. The smallest absolute Gasteiger partial charge is 0.253 e. The molecule has 4 nitrogen and oxygen atoms in total. The van der Waals surface area contributed by atoms with Gasteiger partial charge in [-0.1, -0.05) is 30.3 Å². The summed E-state index contributed by atoms with van der Waals surface area (Å²) in [6, 6.07) is 19.1. The second kappa shape index (κ2) is 7.50. The molecule has 2 atom stereocenters. The number of rotatable bonds is 5. The van der Waals surface area contributed by atoms with Crippen LogP contribution in [0.2, 0.25) is 0 Å². The number of amides is 1. The van der Waals surface area contributed by atoms with Gasteiger partial charge in [0.05, 0.1) is 0 Å². The van der Waals surface area contributed by atoms with Crippen LogP contribution in [0.5, 0.6) is 5.75 Å². The van der Waals surface area contributed by atoms with Crippen molar-refractivity contribution < 1.29 is 9.53 Å². The third-order valence-corrected chi connectivity index (χ3v) is 5.67. The van der Waals surface area contributed by atoms with Crippen LogP contribution in [0.15, 0.2) is 54.6 Å². The first kappa shape index (κ1) is 17.1. The zero-order chi connectivity index (χ0) is 17.9. The van der Waals surface area contributed by atoms with Gasteiger partial charge in [0, 0.05) is 30.7 Å². The van der Waals surface area contributed by atoms with Crippen LogP contribution in [0.25, 0.3) is 0 Å². The Morgan fingerprint density at radius 2 is 1.69 bits per heavy atom. The Morgan fingerprint density at radius 3 is 2.35 bits per heavy atom. The second-order valence-corrected chi connectivity index (χ2v) is 7.48. The summed E-state index contributed by atoms with van der Waals surface area (Å²) in [4.78, 5) is 14.8. The van der Waals surface area contributed by atoms with Crippen molar-refractivity contribution in [2.24, 2.45) is 0 Å². The molecule has 2 heterocycles. The Hall–Kier alpha value is -2.33. The van der Waals surface area contributed by atoms with Gasteiger partial charge >= 0.3 is 0 Å². The molecule has 4 rings (SSSR count). The second-order valence-electron chi connectivity index (χ2n) is 7.48. The lowest BCUT2D eigenvalue weighted by Crippen LogP contribution is -2.48. The predicted octanol–water partition coefficient (Wildman–Crippen LogP) is 3.62. The molecule has 1 N–H and O–H groups in total. The molecule has 2 saturated heterocycles. The zero-order valence-electron chi connectivity index (χ0n) is 15.2. The summed E-state index contributed by atoms with van der Waals surface area (Å²) in [5.74, 6) is 0.972. The van der Waals surface area contributed by atoms with Gasteiger partial charge in [-0.25, -0.2) is 0 Å². The topological polar surface area (TPSA) is 41.6 Å². The van der Waals surface area contributed by atoms with E-state index in [4.69, 9.17) is 4.74 Å². The van der Waals surface area contributed by atoms with Crippen molar-refractivity contribution in [1.82, 2.24) is 10.2 Å². The largest absolute Gasteiger partial charge is 0.489 e. The highest BCUT2D eigenvalue weighted by atomic mass is 16.5. The minimum Gasteiger partial charge on any atom is -0.489 e. The van der Waals surface area contributed by atoms with E-state index < -0.39 is 0 Å². The molecule has 136 valence electrons. The lowest BCUT2D eigenvalue weighted by atomic mass is 9.98. The van der Waals surface area contributed by atoms with E-state index in [1.54, 1.807) is 0 Å². The van der Waals surface area contributed by atoms with Crippen molar-refractivity contribution in [3.8, 4) is 5.75 Å². The molecule has 26 heavy (non-hydrogen) atoms. The number of hydrogen-bond donors (Lipinski definition) is 1. The van der Waals surface area contributed by atoms with E-state index in [9.17, 15) is 4.79 Å². The highest BCUT2D eigenvalue weighted by Crippen LogP contribution is 2.29. The summed E-state index contributed by atoms with van der Waals surface area (Å²) >= 11 is 0. The Bertz CT molecular complexity index is 732. The number of carbonyl (C=O) groups excluding carboxylic acids is 1. The molecular formula is C22H26N2O2. The summed E-state index contributed by atoms with van der Waals surface area (Å²) in [6.45, 7) is 0.506. The SMILES string of the molecule is CN(C(=O)c1ccc(COc2ccccc2)cc1)C1CC2CCC(C1)N2. The normalized spacial score (nSPS) is 24.3. The molecule has 0 aromatic heterocycles. The van der Waals surface area contributed by atoms with E-state index in [0.717, 1.165) is 29.7 Å². The van der Waals surface area contributed by atoms with Gasteiger partial charge in [-0.2, -0.15) is 0 Å². The number of fused-ring (bicyclic) bond motifs is 2. The minimum absolute atomic E-state index is 0.117. The van der Waals surface area contributed by atoms with E-state index in [2.05, 4.69) is 5.32 Å². The van der Waals surface area contributed by atoms with Gasteiger partial charge in [-0.05, 0) is 55.5 Å². The molecule has 4 heteroatoms. The summed E-state index contributed by atoms with van der Waals surface area (Å²) in [7, 11) is 1.95. The molecule has 1 amide bonds. The van der Waals surface area contributed by atoms with Crippen LogP contribution in [0.4, 0.5) is 0 Å². The molecule has 2 aliphatic heterocycles. The van der Waals surface area contributed by atoms with Crippen molar-refractivity contribution in [3.63, 3.8) is 0 Å². The van der Waals surface area contributed by atoms with Crippen LogP contribution in [0, 0.1) is 0 Å². The first-order valence-electron chi connectivity index (χ1n) is 9.49. The first-order chi connectivity index (χ1) is 12.7. The predicted molar refractivity (Wildman–Crippen MR) is 102 cm³/mol. The van der Waals surface area contributed by atoms with Gasteiger partial charge in [-0.15, -0.1) is 0 Å². The molecule has 2 fully saturated rings. The molecule has 2 aromatic carbocycles. The van der Waals surface area contributed by atoms with E-state index in [1.807, 2.05) is 66.5 Å². The quantitative estimate of drug-likeness (QED) is 0.895. The fourth-order valence-electron chi connectivity index (χ4n) is 4.14. The van der Waals surface area contributed by atoms with Crippen molar-refractivity contribution in [3.05, 3.63) is 65.7 Å². The molecule has 0 saturated carbocycles. The van der Waals surface area contributed by atoms with Crippen LogP contribution >= 0.6 is 0 Å². The molecule has 0 aliphatic carbocycles. The number of para-hydroxylation sites is 1. The molecular weight excluding hydrogens is 324 g/mol. The van der Waals surface area contributed by atoms with Crippen molar-refractivity contribution in [2.75, 3.05) is 7.05 Å². The van der Waals surface area contributed by atoms with Crippen LogP contribution in [-0.2, 0) is 6.61 Å². The molecule has 2 unspecified atom stereocenters. The number of hydrogen-bond acceptors (Lipinski definition) is 3. The Labute approximate surface area is 155 Å². The minimum atomic E-state index is 0.117. The van der Waals surface area contributed by atoms with E-state index in [-0.39, 0.29) is 5.91 Å². The highest BCUT2D eigenvalue weighted by molar-refractivity contribution is 5.94. The van der Waals surface area contributed by atoms with Crippen molar-refractivity contribution in [2.45, 2.75) is 50.4 Å². The number of ether oxygens (including phenoxy) is 1. The Morgan fingerprint density at radius 1 is 1.04 bits per heavy atom. The zero-order valence-corrected chi connectivity index (χ0v) is 15.2. The molecule has 0 spiro atoms.